The fourth-order valence-corrected chi connectivity index (χ4v) is 4.61. The number of allylic oxidation sites excluding steroid dienone is 1. The molecule has 3 rings (SSSR count). The summed E-state index contributed by atoms with van der Waals surface area (Å²) in [5.41, 5.74) is 1.69. The van der Waals surface area contributed by atoms with E-state index < -0.39 is 29.5 Å². The summed E-state index contributed by atoms with van der Waals surface area (Å²) in [6.45, 7) is 3.59. The van der Waals surface area contributed by atoms with Gasteiger partial charge >= 0.3 is 5.97 Å². The van der Waals surface area contributed by atoms with Gasteiger partial charge in [-0.2, -0.15) is 5.26 Å². The summed E-state index contributed by atoms with van der Waals surface area (Å²) in [4.78, 5) is 38.1. The molecule has 0 aliphatic carbocycles. The number of anilines is 1. The SMILES string of the molecule is CCOC(=O)C1C(=O)NC(SCC(=O)Nc2ccccc2CC)=C(C#N)C1c1ccccc1F. The summed E-state index contributed by atoms with van der Waals surface area (Å²) >= 11 is 0.945. The first-order valence-corrected chi connectivity index (χ1v) is 11.8. The molecular formula is C25H24FN3O4S. The van der Waals surface area contributed by atoms with Gasteiger partial charge in [-0.05, 0) is 36.6 Å². The first-order valence-electron chi connectivity index (χ1n) is 10.8. The first-order chi connectivity index (χ1) is 16.4. The van der Waals surface area contributed by atoms with Crippen molar-refractivity contribution in [2.45, 2.75) is 26.2 Å². The average molecular weight is 482 g/mol. The van der Waals surface area contributed by atoms with Gasteiger partial charge in [-0.3, -0.25) is 14.4 Å². The van der Waals surface area contributed by atoms with Gasteiger partial charge in [-0.1, -0.05) is 55.1 Å². The number of rotatable bonds is 8. The van der Waals surface area contributed by atoms with E-state index in [4.69, 9.17) is 4.74 Å². The Morgan fingerprint density at radius 3 is 2.56 bits per heavy atom. The molecule has 1 aliphatic rings. The van der Waals surface area contributed by atoms with Gasteiger partial charge in [0.15, 0.2) is 0 Å². The van der Waals surface area contributed by atoms with Crippen LogP contribution >= 0.6 is 11.8 Å². The van der Waals surface area contributed by atoms with E-state index >= 15 is 0 Å². The number of hydrogen-bond donors (Lipinski definition) is 2. The molecule has 2 aromatic rings. The van der Waals surface area contributed by atoms with Crippen molar-refractivity contribution in [3.63, 3.8) is 0 Å². The molecule has 2 atom stereocenters. The van der Waals surface area contributed by atoms with Crippen molar-refractivity contribution in [3.8, 4) is 6.07 Å². The van der Waals surface area contributed by atoms with Crippen LogP contribution in [0.4, 0.5) is 10.1 Å². The van der Waals surface area contributed by atoms with E-state index in [-0.39, 0.29) is 34.4 Å². The van der Waals surface area contributed by atoms with Gasteiger partial charge in [-0.25, -0.2) is 4.39 Å². The van der Waals surface area contributed by atoms with E-state index in [1.165, 1.54) is 18.2 Å². The van der Waals surface area contributed by atoms with Gasteiger partial charge in [0.1, 0.15) is 11.7 Å². The third kappa shape index (κ3) is 5.46. The lowest BCUT2D eigenvalue weighted by Crippen LogP contribution is -2.44. The fourth-order valence-electron chi connectivity index (χ4n) is 3.76. The number of carbonyl (C=O) groups excluding carboxylic acids is 3. The summed E-state index contributed by atoms with van der Waals surface area (Å²) in [6.07, 6.45) is 0.739. The number of hydrogen-bond acceptors (Lipinski definition) is 6. The highest BCUT2D eigenvalue weighted by Gasteiger charge is 2.45. The second-order valence-corrected chi connectivity index (χ2v) is 8.41. The zero-order valence-corrected chi connectivity index (χ0v) is 19.6. The maximum Gasteiger partial charge on any atom is 0.319 e. The van der Waals surface area contributed by atoms with Crippen molar-refractivity contribution in [2.24, 2.45) is 5.92 Å². The van der Waals surface area contributed by atoms with Crippen LogP contribution in [0.15, 0.2) is 59.1 Å². The molecule has 1 aliphatic heterocycles. The minimum absolute atomic E-state index is 0.00508. The highest BCUT2D eigenvalue weighted by molar-refractivity contribution is 8.03. The Morgan fingerprint density at radius 2 is 1.88 bits per heavy atom. The van der Waals surface area contributed by atoms with Crippen molar-refractivity contribution in [2.75, 3.05) is 17.7 Å². The summed E-state index contributed by atoms with van der Waals surface area (Å²) in [5, 5.41) is 15.4. The number of nitriles is 1. The number of nitrogens with zero attached hydrogens (tertiary/aromatic N) is 1. The number of benzene rings is 2. The second-order valence-electron chi connectivity index (χ2n) is 7.42. The Hall–Kier alpha value is -3.64. The molecule has 2 aromatic carbocycles. The smallest absolute Gasteiger partial charge is 0.319 e. The minimum atomic E-state index is -1.43. The maximum absolute atomic E-state index is 14.7. The molecule has 0 bridgehead atoms. The summed E-state index contributed by atoms with van der Waals surface area (Å²) < 4.78 is 19.7. The fraction of sp³-hybridized carbons (Fsp3) is 0.280. The van der Waals surface area contributed by atoms with Crippen LogP contribution in [0.25, 0.3) is 0 Å². The zero-order chi connectivity index (χ0) is 24.7. The van der Waals surface area contributed by atoms with Crippen LogP contribution in [0.5, 0.6) is 0 Å². The van der Waals surface area contributed by atoms with Crippen LogP contribution < -0.4 is 10.6 Å². The van der Waals surface area contributed by atoms with Crippen LogP contribution in [0.1, 0.15) is 30.9 Å². The number of carbonyl (C=O) groups is 3. The largest absolute Gasteiger partial charge is 0.465 e. The number of nitrogens with one attached hydrogen (secondary N) is 2. The molecule has 0 spiro atoms. The van der Waals surface area contributed by atoms with Gasteiger partial charge in [-0.15, -0.1) is 0 Å². The third-order valence-corrected chi connectivity index (χ3v) is 6.35. The third-order valence-electron chi connectivity index (χ3n) is 5.33. The van der Waals surface area contributed by atoms with E-state index in [1.807, 2.05) is 31.2 Å². The number of halogens is 1. The van der Waals surface area contributed by atoms with Gasteiger partial charge in [0.25, 0.3) is 0 Å². The van der Waals surface area contributed by atoms with Crippen LogP contribution in [0.3, 0.4) is 0 Å². The Morgan fingerprint density at radius 1 is 1.18 bits per heavy atom. The highest BCUT2D eigenvalue weighted by Crippen LogP contribution is 2.41. The molecule has 34 heavy (non-hydrogen) atoms. The van der Waals surface area contributed by atoms with Crippen LogP contribution in [-0.2, 0) is 25.5 Å². The Kier molecular flexibility index (Phi) is 8.44. The van der Waals surface area contributed by atoms with Crippen molar-refractivity contribution in [1.82, 2.24) is 5.32 Å². The number of thioether (sulfide) groups is 1. The second kappa shape index (κ2) is 11.5. The van der Waals surface area contributed by atoms with Gasteiger partial charge in [0.2, 0.25) is 11.8 Å². The van der Waals surface area contributed by atoms with Crippen molar-refractivity contribution < 1.29 is 23.5 Å². The zero-order valence-electron chi connectivity index (χ0n) is 18.8. The molecule has 2 amide bonds. The van der Waals surface area contributed by atoms with E-state index in [9.17, 15) is 24.0 Å². The molecule has 1 heterocycles. The predicted octanol–water partition coefficient (Wildman–Crippen LogP) is 3.89. The minimum Gasteiger partial charge on any atom is -0.465 e. The Labute approximate surface area is 201 Å². The quantitative estimate of drug-likeness (QED) is 0.438. The Bertz CT molecular complexity index is 1170. The van der Waals surface area contributed by atoms with E-state index in [2.05, 4.69) is 10.6 Å². The van der Waals surface area contributed by atoms with Crippen LogP contribution in [0.2, 0.25) is 0 Å². The number of aryl methyl sites for hydroxylation is 1. The molecular weight excluding hydrogens is 457 g/mol. The average Bonchev–Trinajstić information content (AvgIpc) is 2.83. The topological polar surface area (TPSA) is 108 Å². The molecule has 2 unspecified atom stereocenters. The molecule has 176 valence electrons. The van der Waals surface area contributed by atoms with Gasteiger partial charge in [0.05, 0.1) is 29.0 Å². The number of ether oxygens (including phenoxy) is 1. The monoisotopic (exact) mass is 481 g/mol. The van der Waals surface area contributed by atoms with Crippen molar-refractivity contribution in [1.29, 1.82) is 5.26 Å². The van der Waals surface area contributed by atoms with Crippen LogP contribution in [0, 0.1) is 23.1 Å². The maximum atomic E-state index is 14.7. The predicted molar refractivity (Wildman–Crippen MR) is 127 cm³/mol. The number of para-hydroxylation sites is 1. The van der Waals surface area contributed by atoms with Gasteiger partial charge < -0.3 is 15.4 Å². The molecule has 7 nitrogen and oxygen atoms in total. The van der Waals surface area contributed by atoms with Gasteiger partial charge in [0, 0.05) is 11.6 Å². The Balaban J connectivity index is 1.91. The lowest BCUT2D eigenvalue weighted by molar-refractivity contribution is -0.152. The number of esters is 1. The number of amides is 2. The standard InChI is InChI=1S/C25H24FN3O4S/c1-3-15-9-5-8-12-19(15)28-20(30)14-34-24-17(13-27)21(16-10-6-7-11-18(16)26)22(23(31)29-24)25(32)33-4-2/h5-12,21-22H,3-4,14H2,1-2H3,(H,28,30)(H,29,31). The molecule has 2 N–H and O–H groups in total. The molecule has 0 saturated carbocycles. The van der Waals surface area contributed by atoms with Crippen molar-refractivity contribution >= 4 is 35.2 Å². The summed E-state index contributed by atoms with van der Waals surface area (Å²) in [6, 6.07) is 15.1. The normalized spacial score (nSPS) is 17.5. The first kappa shape index (κ1) is 25.0. The molecule has 0 saturated heterocycles. The van der Waals surface area contributed by atoms with Crippen LogP contribution in [-0.4, -0.2) is 30.1 Å². The van der Waals surface area contributed by atoms with E-state index in [0.717, 1.165) is 23.7 Å². The lowest BCUT2D eigenvalue weighted by atomic mass is 9.78. The van der Waals surface area contributed by atoms with E-state index in [0.29, 0.717) is 5.69 Å². The molecule has 0 fully saturated rings. The molecule has 0 aromatic heterocycles. The summed E-state index contributed by atoms with van der Waals surface area (Å²) in [7, 11) is 0. The molecule has 9 heteroatoms. The summed E-state index contributed by atoms with van der Waals surface area (Å²) in [5.74, 6) is -5.26. The van der Waals surface area contributed by atoms with Crippen molar-refractivity contribution in [3.05, 3.63) is 76.1 Å². The molecule has 0 radical (unpaired) electrons. The highest BCUT2D eigenvalue weighted by atomic mass is 32.2. The lowest BCUT2D eigenvalue weighted by Gasteiger charge is -2.31. The van der Waals surface area contributed by atoms with E-state index in [1.54, 1.807) is 19.1 Å².